The van der Waals surface area contributed by atoms with Crippen LogP contribution < -0.4 is 15.5 Å². The van der Waals surface area contributed by atoms with E-state index in [2.05, 4.69) is 15.5 Å². The molecular formula is C22H22FN3O4. The Labute approximate surface area is 173 Å². The van der Waals surface area contributed by atoms with Crippen LogP contribution in [0.4, 0.5) is 15.8 Å². The van der Waals surface area contributed by atoms with Crippen molar-refractivity contribution in [2.75, 3.05) is 16.8 Å². The van der Waals surface area contributed by atoms with Gasteiger partial charge in [0.05, 0.1) is 16.9 Å². The maximum Gasteiger partial charge on any atom is 0.338 e. The van der Waals surface area contributed by atoms with Gasteiger partial charge < -0.3 is 20.3 Å². The van der Waals surface area contributed by atoms with Crippen molar-refractivity contribution >= 4 is 29.2 Å². The van der Waals surface area contributed by atoms with Gasteiger partial charge in [0.1, 0.15) is 11.9 Å². The predicted molar refractivity (Wildman–Crippen MR) is 109 cm³/mol. The van der Waals surface area contributed by atoms with Crippen molar-refractivity contribution in [1.82, 2.24) is 5.32 Å². The van der Waals surface area contributed by atoms with Crippen molar-refractivity contribution in [2.45, 2.75) is 38.5 Å². The maximum atomic E-state index is 12.9. The molecule has 7 nitrogen and oxygen atoms in total. The fraction of sp³-hybridized carbons (Fsp3) is 0.318. The van der Waals surface area contributed by atoms with Gasteiger partial charge in [-0.1, -0.05) is 12.1 Å². The Balaban J connectivity index is 1.37. The first-order chi connectivity index (χ1) is 14.4. The first kappa shape index (κ1) is 19.9. The van der Waals surface area contributed by atoms with E-state index < -0.39 is 18.0 Å². The molecule has 2 aliphatic heterocycles. The molecule has 0 spiro atoms. The number of esters is 1. The lowest BCUT2D eigenvalue weighted by atomic mass is 10.1. The third-order valence-electron chi connectivity index (χ3n) is 5.39. The van der Waals surface area contributed by atoms with Crippen molar-refractivity contribution in [3.63, 3.8) is 0 Å². The van der Waals surface area contributed by atoms with E-state index in [4.69, 9.17) is 4.74 Å². The summed E-state index contributed by atoms with van der Waals surface area (Å²) in [6.45, 7) is 2.48. The van der Waals surface area contributed by atoms with Crippen LogP contribution in [-0.2, 0) is 20.9 Å². The Morgan fingerprint density at radius 2 is 2.03 bits per heavy atom. The number of carbonyl (C=O) groups is 3. The van der Waals surface area contributed by atoms with Crippen LogP contribution in [-0.4, -0.2) is 36.5 Å². The highest BCUT2D eigenvalue weighted by Gasteiger charge is 2.36. The second-order valence-electron chi connectivity index (χ2n) is 7.46. The number of nitrogens with zero attached hydrogens (tertiary/aromatic N) is 1. The Morgan fingerprint density at radius 3 is 2.80 bits per heavy atom. The lowest BCUT2D eigenvalue weighted by molar-refractivity contribution is -0.129. The van der Waals surface area contributed by atoms with Crippen molar-refractivity contribution < 1.29 is 23.5 Å². The van der Waals surface area contributed by atoms with Crippen LogP contribution >= 0.6 is 0 Å². The largest absolute Gasteiger partial charge is 0.449 e. The summed E-state index contributed by atoms with van der Waals surface area (Å²) in [4.78, 5) is 39.0. The average Bonchev–Trinajstić information content (AvgIpc) is 3.23. The third-order valence-corrected chi connectivity index (χ3v) is 5.39. The van der Waals surface area contributed by atoms with Crippen LogP contribution in [0.1, 0.15) is 35.7 Å². The minimum atomic E-state index is -1.01. The molecule has 156 valence electrons. The molecule has 8 heteroatoms. The molecule has 0 aromatic heterocycles. The number of nitrogens with one attached hydrogen (secondary N) is 2. The zero-order chi connectivity index (χ0) is 21.3. The van der Waals surface area contributed by atoms with E-state index in [9.17, 15) is 18.8 Å². The highest BCUT2D eigenvalue weighted by atomic mass is 19.1. The summed E-state index contributed by atoms with van der Waals surface area (Å²) in [7, 11) is 0. The summed E-state index contributed by atoms with van der Waals surface area (Å²) in [6.07, 6.45) is 0.761. The van der Waals surface area contributed by atoms with Crippen LogP contribution in [0.2, 0.25) is 0 Å². The van der Waals surface area contributed by atoms with Gasteiger partial charge in [-0.2, -0.15) is 0 Å². The van der Waals surface area contributed by atoms with Crippen molar-refractivity contribution in [1.29, 1.82) is 0 Å². The quantitative estimate of drug-likeness (QED) is 0.739. The molecule has 2 atom stereocenters. The van der Waals surface area contributed by atoms with Crippen LogP contribution in [0.25, 0.3) is 0 Å². The number of carbonyl (C=O) groups excluding carboxylic acids is 3. The van der Waals surface area contributed by atoms with Gasteiger partial charge in [0, 0.05) is 13.1 Å². The molecule has 30 heavy (non-hydrogen) atoms. The Morgan fingerprint density at radius 1 is 1.27 bits per heavy atom. The van der Waals surface area contributed by atoms with Crippen LogP contribution in [0.3, 0.4) is 0 Å². The molecule has 2 N–H and O–H groups in total. The lowest BCUT2D eigenvalue weighted by Gasteiger charge is -2.33. The molecule has 2 aromatic carbocycles. The van der Waals surface area contributed by atoms with Gasteiger partial charge in [-0.15, -0.1) is 0 Å². The average molecular weight is 411 g/mol. The topological polar surface area (TPSA) is 87.7 Å². The fourth-order valence-electron chi connectivity index (χ4n) is 3.77. The van der Waals surface area contributed by atoms with Crippen LogP contribution in [0.5, 0.6) is 0 Å². The third kappa shape index (κ3) is 3.98. The number of benzene rings is 2. The molecule has 1 saturated heterocycles. The second-order valence-corrected chi connectivity index (χ2v) is 7.46. The second kappa shape index (κ2) is 8.14. The van der Waals surface area contributed by atoms with E-state index in [0.29, 0.717) is 5.69 Å². The van der Waals surface area contributed by atoms with Gasteiger partial charge in [0.2, 0.25) is 5.91 Å². The summed E-state index contributed by atoms with van der Waals surface area (Å²) in [5.41, 5.74) is 2.44. The molecule has 0 unspecified atom stereocenters. The van der Waals surface area contributed by atoms with Crippen molar-refractivity contribution in [2.24, 2.45) is 0 Å². The Kier molecular flexibility index (Phi) is 5.39. The van der Waals surface area contributed by atoms with Gasteiger partial charge in [-0.3, -0.25) is 9.59 Å². The molecule has 1 fully saturated rings. The van der Waals surface area contributed by atoms with Crippen molar-refractivity contribution in [3.05, 3.63) is 59.4 Å². The minimum Gasteiger partial charge on any atom is -0.449 e. The molecule has 0 aliphatic carbocycles. The summed E-state index contributed by atoms with van der Waals surface area (Å²) in [5.74, 6) is -1.54. The summed E-state index contributed by atoms with van der Waals surface area (Å²) in [6, 6.07) is 10.6. The maximum absolute atomic E-state index is 12.9. The molecule has 0 radical (unpaired) electrons. The van der Waals surface area contributed by atoms with Gasteiger partial charge in [-0.05, 0) is 55.7 Å². The van der Waals surface area contributed by atoms with E-state index in [1.54, 1.807) is 30.3 Å². The normalized spacial score (nSPS) is 18.1. The van der Waals surface area contributed by atoms with Crippen LogP contribution in [0, 0.1) is 5.82 Å². The minimum absolute atomic E-state index is 0.0703. The van der Waals surface area contributed by atoms with Gasteiger partial charge in [-0.25, -0.2) is 9.18 Å². The highest BCUT2D eigenvalue weighted by Crippen LogP contribution is 2.37. The Bertz CT molecular complexity index is 992. The number of amides is 2. The first-order valence-electron chi connectivity index (χ1n) is 9.87. The fourth-order valence-corrected chi connectivity index (χ4v) is 3.77. The van der Waals surface area contributed by atoms with Crippen molar-refractivity contribution in [3.8, 4) is 0 Å². The van der Waals surface area contributed by atoms with E-state index in [-0.39, 0.29) is 29.9 Å². The molecule has 0 saturated carbocycles. The van der Waals surface area contributed by atoms with E-state index in [0.717, 1.165) is 30.6 Å². The zero-order valence-electron chi connectivity index (χ0n) is 16.5. The highest BCUT2D eigenvalue weighted by molar-refractivity contribution is 6.05. The number of halogens is 1. The molecule has 2 amide bonds. The molecule has 4 rings (SSSR count). The van der Waals surface area contributed by atoms with Gasteiger partial charge >= 0.3 is 5.97 Å². The lowest BCUT2D eigenvalue weighted by Crippen LogP contribution is -2.44. The molecule has 2 aliphatic rings. The van der Waals surface area contributed by atoms with Gasteiger partial charge in [0.15, 0.2) is 6.10 Å². The summed E-state index contributed by atoms with van der Waals surface area (Å²) in [5, 5.41) is 5.50. The number of ether oxygens (including phenoxy) is 1. The Hall–Kier alpha value is -3.42. The van der Waals surface area contributed by atoms with Gasteiger partial charge in [0.25, 0.3) is 5.91 Å². The number of rotatable bonds is 5. The van der Waals surface area contributed by atoms with E-state index in [1.165, 1.54) is 19.1 Å². The first-order valence-corrected chi connectivity index (χ1v) is 9.87. The molecule has 2 aromatic rings. The summed E-state index contributed by atoms with van der Waals surface area (Å²) < 4.78 is 18.2. The number of anilines is 2. The number of hydrogen-bond donors (Lipinski definition) is 2. The van der Waals surface area contributed by atoms with E-state index in [1.807, 2.05) is 0 Å². The monoisotopic (exact) mass is 411 g/mol. The predicted octanol–water partition coefficient (Wildman–Crippen LogP) is 2.61. The molecule has 0 bridgehead atoms. The molecular weight excluding hydrogens is 389 g/mol. The zero-order valence-corrected chi connectivity index (χ0v) is 16.5. The van der Waals surface area contributed by atoms with E-state index >= 15 is 0 Å². The van der Waals surface area contributed by atoms with Crippen LogP contribution in [0.15, 0.2) is 42.5 Å². The number of hydrogen-bond acceptors (Lipinski definition) is 5. The standard InChI is InChI=1S/C22H22FN3O4/c1-13(20(27)24-12-14-4-7-16(23)8-5-14)30-22(29)15-6-9-18-17(11-15)25-21(28)19-3-2-10-26(18)19/h4-9,11,13,19H,2-3,10,12H2,1H3,(H,24,27)(H,25,28)/t13-,19+/m0/s1. The SMILES string of the molecule is C[C@H](OC(=O)c1ccc2c(c1)NC(=O)[C@H]1CCCN21)C(=O)NCc1ccc(F)cc1. The smallest absolute Gasteiger partial charge is 0.338 e. The number of fused-ring (bicyclic) bond motifs is 3. The molecule has 2 heterocycles. The summed E-state index contributed by atoms with van der Waals surface area (Å²) >= 11 is 0.